The number of para-hydroxylation sites is 2. The molecule has 0 aliphatic heterocycles. The molecule has 1 heteroatoms. The monoisotopic (exact) mass is 1870 g/mol. The first-order valence-electron chi connectivity index (χ1n) is 52.1. The van der Waals surface area contributed by atoms with E-state index in [1.54, 1.807) is 0 Å². The lowest BCUT2D eigenvalue weighted by Crippen LogP contribution is -2.26. The summed E-state index contributed by atoms with van der Waals surface area (Å²) < 4.78 is 2.40. The van der Waals surface area contributed by atoms with Crippen LogP contribution in [0.25, 0.3) is 258 Å². The van der Waals surface area contributed by atoms with Crippen molar-refractivity contribution in [2.45, 2.75) is 30.1 Å². The molecular weight excluding hydrogens is 1780 g/mol. The normalized spacial score (nSPS) is 13.6. The third-order valence-electron chi connectivity index (χ3n) is 34.5. The number of hydrogen-bond acceptors (Lipinski definition) is 0. The number of nitrogens with zero attached hydrogens (tertiary/aromatic N) is 1. The van der Waals surface area contributed by atoms with Crippen LogP contribution in [-0.2, 0) is 16.2 Å². The largest absolute Gasteiger partial charge is 0.309 e. The van der Waals surface area contributed by atoms with Gasteiger partial charge in [0.05, 0.1) is 21.9 Å². The second kappa shape index (κ2) is 31.2. The van der Waals surface area contributed by atoms with E-state index in [0.29, 0.717) is 0 Å². The minimum atomic E-state index is -0.493. The van der Waals surface area contributed by atoms with Crippen LogP contribution in [0.15, 0.2) is 516 Å². The van der Waals surface area contributed by atoms with Gasteiger partial charge in [0, 0.05) is 21.9 Å². The van der Waals surface area contributed by atoms with E-state index in [9.17, 15) is 0 Å². The van der Waals surface area contributed by atoms with Gasteiger partial charge in [0.2, 0.25) is 0 Å². The third-order valence-corrected chi connectivity index (χ3v) is 34.5. The fourth-order valence-corrected chi connectivity index (χ4v) is 28.5. The van der Waals surface area contributed by atoms with Crippen LogP contribution < -0.4 is 0 Å². The van der Waals surface area contributed by atoms with Gasteiger partial charge in [-0.2, -0.15) is 0 Å². The summed E-state index contributed by atoms with van der Waals surface area (Å²) in [6.07, 6.45) is 0. The van der Waals surface area contributed by atoms with Crippen LogP contribution in [0.1, 0.15) is 69.5 Å². The molecule has 0 unspecified atom stereocenters. The molecule has 0 bridgehead atoms. The standard InChI is InChI=1S/C75H45N.C72H46/c1-2-21-52(22-3-1)76-69-36-17-14-27-57(69)64-44-50(39-40-70(64)76)72-61-31-9-7-29-59(61)71(60-30-8-10-32-62(60)72)49-20-18-19-46(41-49)47-37-38-48-43-65-68(45-51(48)42-47)75(66-34-15-12-25-55(66)56-26-13-16-35-67(56)75)74-63-33-11-5-24-54(63)53-23-4-6-28-58(53)73(65)74;1-71(2)62-31-14-11-22-51(62)54-37-36-47(41-65(54)71)68-58-28-8-6-26-56(58)67(57-27-7-9-29-59(57)68)46-19-17-18-43(38-46)44-34-35-45-40-61-66(42-48(45)39-44)72(63-32-15-12-23-52(63)53-24-13-16-33-64(53)72)70-60-30-10-4-21-50(60)49-20-3-5-25-55(49)69(61)70/h1-45H;3-42H,1-2H3. The molecule has 5 aliphatic carbocycles. The second-order valence-corrected chi connectivity index (χ2v) is 42.0. The van der Waals surface area contributed by atoms with Crippen molar-refractivity contribution < 1.29 is 0 Å². The van der Waals surface area contributed by atoms with Crippen molar-refractivity contribution in [1.29, 1.82) is 0 Å². The minimum absolute atomic E-state index is 0.0830. The Morgan fingerprint density at radius 1 is 0.142 bits per heavy atom. The Labute approximate surface area is 857 Å². The highest BCUT2D eigenvalue weighted by atomic mass is 15.0. The van der Waals surface area contributed by atoms with Crippen molar-refractivity contribution in [2.75, 3.05) is 0 Å². The van der Waals surface area contributed by atoms with E-state index in [0.717, 1.165) is 0 Å². The van der Waals surface area contributed by atoms with Gasteiger partial charge < -0.3 is 4.57 Å². The van der Waals surface area contributed by atoms with Crippen LogP contribution >= 0.6 is 0 Å². The molecule has 5 aliphatic rings. The Balaban J connectivity index is 0.000000131. The van der Waals surface area contributed by atoms with Gasteiger partial charge in [0.15, 0.2) is 0 Å². The summed E-state index contributed by atoms with van der Waals surface area (Å²) in [7, 11) is 0. The molecule has 27 aromatic carbocycles. The fraction of sp³-hybridized carbons (Fsp3) is 0.0340. The second-order valence-electron chi connectivity index (χ2n) is 42.0. The van der Waals surface area contributed by atoms with Gasteiger partial charge in [-0.05, 0) is 371 Å². The summed E-state index contributed by atoms with van der Waals surface area (Å²) in [6.45, 7) is 4.75. The molecule has 0 amide bonds. The summed E-state index contributed by atoms with van der Waals surface area (Å²) in [5.74, 6) is 0. The molecule has 0 atom stereocenters. The van der Waals surface area contributed by atoms with Gasteiger partial charge >= 0.3 is 0 Å². The van der Waals surface area contributed by atoms with Crippen molar-refractivity contribution in [3.63, 3.8) is 0 Å². The number of benzene rings is 27. The van der Waals surface area contributed by atoms with Crippen LogP contribution in [0.4, 0.5) is 0 Å². The quantitative estimate of drug-likeness (QED) is 0.111. The van der Waals surface area contributed by atoms with Crippen LogP contribution in [0.5, 0.6) is 0 Å². The zero-order valence-electron chi connectivity index (χ0n) is 81.5. The Kier molecular flexibility index (Phi) is 17.5. The van der Waals surface area contributed by atoms with Gasteiger partial charge in [-0.15, -0.1) is 0 Å². The average molecular weight is 1870 g/mol. The molecule has 148 heavy (non-hydrogen) atoms. The summed E-state index contributed by atoms with van der Waals surface area (Å²) >= 11 is 0. The maximum atomic E-state index is 2.55. The molecule has 0 fully saturated rings. The van der Waals surface area contributed by atoms with Crippen molar-refractivity contribution >= 4 is 130 Å². The molecule has 0 radical (unpaired) electrons. The Hall–Kier alpha value is -18.7. The molecule has 2 spiro atoms. The molecule has 0 N–H and O–H groups in total. The number of hydrogen-bond donors (Lipinski definition) is 0. The van der Waals surface area contributed by atoms with Gasteiger partial charge in [0.1, 0.15) is 0 Å². The topological polar surface area (TPSA) is 4.93 Å². The highest BCUT2D eigenvalue weighted by Gasteiger charge is 2.55. The molecule has 0 saturated heterocycles. The van der Waals surface area contributed by atoms with E-state index in [1.807, 2.05) is 0 Å². The molecular formula is C147H91N. The van der Waals surface area contributed by atoms with E-state index in [4.69, 9.17) is 0 Å². The van der Waals surface area contributed by atoms with Gasteiger partial charge in [-0.3, -0.25) is 0 Å². The first-order valence-corrected chi connectivity index (χ1v) is 52.1. The molecule has 28 aromatic rings. The molecule has 1 heterocycles. The predicted octanol–water partition coefficient (Wildman–Crippen LogP) is 39.0. The Bertz CT molecular complexity index is 10500. The molecule has 33 rings (SSSR count). The summed E-state index contributed by atoms with van der Waals surface area (Å²) in [5.41, 5.74) is 44.5. The zero-order valence-corrected chi connectivity index (χ0v) is 81.5. The number of fused-ring (bicyclic) bond motifs is 42. The molecule has 684 valence electrons. The lowest BCUT2D eigenvalue weighted by Gasteiger charge is -2.32. The maximum absolute atomic E-state index is 2.55. The van der Waals surface area contributed by atoms with Crippen LogP contribution in [0, 0.1) is 0 Å². The maximum Gasteiger partial charge on any atom is 0.0731 e. The number of aromatic nitrogens is 1. The van der Waals surface area contributed by atoms with Gasteiger partial charge in [-0.1, -0.05) is 445 Å². The smallest absolute Gasteiger partial charge is 0.0731 e. The zero-order chi connectivity index (χ0) is 97.1. The summed E-state index contributed by atoms with van der Waals surface area (Å²) in [4.78, 5) is 0. The van der Waals surface area contributed by atoms with Gasteiger partial charge in [0.25, 0.3) is 0 Å². The first-order chi connectivity index (χ1) is 73.2. The molecule has 1 nitrogen and oxygen atoms in total. The SMILES string of the molecule is CC1(C)c2ccccc2-c2ccc(-c3c4ccccc4c(-c4cccc(-c5ccc6cc7c(cc6c5)C5(c6ccccc6-c6ccccc65)c5c-7c6ccccc6c6ccccc56)c4)c4ccccc34)cc21.c1ccc(-n2c3ccccc3c3cc(-c4c5ccccc5c(-c5cccc(-c6ccc7cc8c(cc7c6)C6(c7ccccc7-c7ccccc76)c6c-8c7ccccc7c7ccccc67)c5)c5ccccc45)ccc32)cc1. The minimum Gasteiger partial charge on any atom is -0.309 e. The highest BCUT2D eigenvalue weighted by Crippen LogP contribution is 2.69. The Morgan fingerprint density at radius 2 is 0.426 bits per heavy atom. The van der Waals surface area contributed by atoms with Crippen molar-refractivity contribution in [3.05, 3.63) is 571 Å². The summed E-state index contributed by atoms with van der Waals surface area (Å²) in [6, 6.07) is 195. The van der Waals surface area contributed by atoms with E-state index < -0.39 is 10.8 Å². The van der Waals surface area contributed by atoms with Crippen molar-refractivity contribution in [1.82, 2.24) is 4.57 Å². The molecule has 1 aromatic heterocycles. The predicted molar refractivity (Wildman–Crippen MR) is 625 cm³/mol. The van der Waals surface area contributed by atoms with Crippen molar-refractivity contribution in [3.8, 4) is 128 Å². The van der Waals surface area contributed by atoms with Crippen molar-refractivity contribution in [2.24, 2.45) is 0 Å². The molecule has 0 saturated carbocycles. The lowest BCUT2D eigenvalue weighted by atomic mass is 9.69. The van der Waals surface area contributed by atoms with E-state index in [2.05, 4.69) is 534 Å². The van der Waals surface area contributed by atoms with E-state index in [1.165, 1.54) is 313 Å². The van der Waals surface area contributed by atoms with Gasteiger partial charge in [-0.25, -0.2) is 0 Å². The number of rotatable bonds is 7. The average Bonchev–Trinajstić information content (AvgIpc) is 1.49. The third kappa shape index (κ3) is 11.3. The van der Waals surface area contributed by atoms with E-state index in [-0.39, 0.29) is 5.41 Å². The first kappa shape index (κ1) is 82.9. The Morgan fingerprint density at radius 3 is 0.838 bits per heavy atom. The van der Waals surface area contributed by atoms with E-state index >= 15 is 0 Å². The summed E-state index contributed by atoms with van der Waals surface area (Å²) in [5, 5.41) is 28.0. The fourth-order valence-electron chi connectivity index (χ4n) is 28.5. The highest BCUT2D eigenvalue weighted by molar-refractivity contribution is 6.27. The van der Waals surface area contributed by atoms with Crippen LogP contribution in [-0.4, -0.2) is 4.57 Å². The van der Waals surface area contributed by atoms with Crippen LogP contribution in [0.2, 0.25) is 0 Å². The lowest BCUT2D eigenvalue weighted by molar-refractivity contribution is 0.660. The van der Waals surface area contributed by atoms with Crippen LogP contribution in [0.3, 0.4) is 0 Å².